The van der Waals surface area contributed by atoms with E-state index in [1.54, 1.807) is 0 Å². The van der Waals surface area contributed by atoms with Gasteiger partial charge in [-0.15, -0.1) is 0 Å². The predicted molar refractivity (Wildman–Crippen MR) is 547 cm³/mol. The molecule has 0 unspecified atom stereocenters. The van der Waals surface area contributed by atoms with Crippen LogP contribution in [0.5, 0.6) is 0 Å². The fourth-order valence-corrected chi connectivity index (χ4v) is 15.8. The average molecular weight is 1620 g/mol. The molecule has 0 spiro atoms. The Morgan fingerprint density at radius 3 is 0.800 bits per heavy atom. The van der Waals surface area contributed by atoms with E-state index in [2.05, 4.69) is 498 Å². The van der Waals surface area contributed by atoms with Crippen LogP contribution in [0.3, 0.4) is 0 Å². The first kappa shape index (κ1) is 91.7. The lowest BCUT2D eigenvalue weighted by Crippen LogP contribution is -2.14. The molecule has 0 fully saturated rings. The van der Waals surface area contributed by atoms with Crippen molar-refractivity contribution in [2.45, 2.75) is 115 Å². The van der Waals surface area contributed by atoms with Crippen molar-refractivity contribution in [2.24, 2.45) is 0 Å². The SMILES string of the molecule is Cc1ccc(-c2ccccc2)cc1.Cc1ccc2c(c1)-c1ccccc1C2(C)C.Cc1ccc2c(c1)C(C)(C)c1ccccc1-2.Cc1cccc(-c2ccccc2)c1.Cc1cccc2ccccc12.Cc1cccc2ccccc12.Cc1cccc2ccccc12.Cc1ccccc1.Cc1ccccc1.Cc1ccccc1.Cc1ccccc1-c1ccccc1. The van der Waals surface area contributed by atoms with Gasteiger partial charge in [-0.05, 0) is 209 Å². The van der Waals surface area contributed by atoms with Gasteiger partial charge >= 0.3 is 0 Å². The second-order valence-corrected chi connectivity index (χ2v) is 33.4. The van der Waals surface area contributed by atoms with Crippen LogP contribution in [0, 0.1) is 76.2 Å². The molecule has 0 bridgehead atoms. The lowest BCUT2D eigenvalue weighted by Gasteiger charge is -2.21. The van der Waals surface area contributed by atoms with Crippen molar-refractivity contribution in [1.82, 2.24) is 0 Å². The minimum atomic E-state index is 0.151. The van der Waals surface area contributed by atoms with Crippen molar-refractivity contribution in [1.29, 1.82) is 0 Å². The molecule has 19 aromatic carbocycles. The third kappa shape index (κ3) is 26.5. The van der Waals surface area contributed by atoms with Crippen molar-refractivity contribution in [3.8, 4) is 55.6 Å². The second kappa shape index (κ2) is 46.3. The molecule has 21 rings (SSSR count). The molecule has 2 aliphatic carbocycles. The first-order chi connectivity index (χ1) is 60.6. The van der Waals surface area contributed by atoms with E-state index in [0.29, 0.717) is 0 Å². The molecule has 19 aromatic rings. The van der Waals surface area contributed by atoms with Crippen LogP contribution < -0.4 is 0 Å². The zero-order valence-electron chi connectivity index (χ0n) is 76.0. The van der Waals surface area contributed by atoms with E-state index in [4.69, 9.17) is 0 Å². The number of aryl methyl sites for hydroxylation is 11. The molecule has 0 radical (unpaired) electrons. The number of hydrogen-bond donors (Lipinski definition) is 0. The van der Waals surface area contributed by atoms with Gasteiger partial charge in [0.25, 0.3) is 0 Å². The molecule has 0 heteroatoms. The molecule has 0 saturated heterocycles. The third-order valence-electron chi connectivity index (χ3n) is 22.8. The Morgan fingerprint density at radius 1 is 0.136 bits per heavy atom. The van der Waals surface area contributed by atoms with Gasteiger partial charge in [-0.2, -0.15) is 0 Å². The van der Waals surface area contributed by atoms with Gasteiger partial charge in [0.15, 0.2) is 0 Å². The maximum atomic E-state index is 2.33. The molecular weight excluding hydrogens is 1500 g/mol. The summed E-state index contributed by atoms with van der Waals surface area (Å²) >= 11 is 0. The highest BCUT2D eigenvalue weighted by Crippen LogP contribution is 2.50. The molecule has 0 aliphatic heterocycles. The fourth-order valence-electron chi connectivity index (χ4n) is 15.8. The van der Waals surface area contributed by atoms with Crippen molar-refractivity contribution in [2.75, 3.05) is 0 Å². The van der Waals surface area contributed by atoms with Gasteiger partial charge in [0.05, 0.1) is 0 Å². The van der Waals surface area contributed by atoms with Gasteiger partial charge in [-0.1, -0.05) is 534 Å². The van der Waals surface area contributed by atoms with Crippen LogP contribution in [0.2, 0.25) is 0 Å². The van der Waals surface area contributed by atoms with Crippen molar-refractivity contribution in [3.05, 3.63) is 551 Å². The standard InChI is InChI=1S/2C16H16.3C13H12.3C11H10.3C7H8/c1-11-8-9-15-13(10-11)12-6-4-5-7-14(12)16(15,2)3;1-11-8-9-13-12-6-4-5-7-14(12)16(2,3)15(13)10-11;1-11-7-5-6-10-13(11)12-8-3-2-4-9-12;1-11-6-5-9-13(10-11)12-7-3-2-4-8-12;1-11-7-9-13(10-8-11)12-5-3-2-4-6-12;3*1-9-5-4-7-10-6-2-3-8-11(9)10;3*1-7-5-3-2-4-6-7/h2*4-10H,1-3H3;3*2-10H,1H3;3*2-8H,1H3;3*2-6H,1H3. The summed E-state index contributed by atoms with van der Waals surface area (Å²) in [5, 5.41) is 8.05. The summed E-state index contributed by atoms with van der Waals surface area (Å²) in [4.78, 5) is 0. The summed E-state index contributed by atoms with van der Waals surface area (Å²) in [6, 6.07) is 163. The minimum absolute atomic E-state index is 0.151. The maximum absolute atomic E-state index is 2.33. The Kier molecular flexibility index (Phi) is 33.9. The van der Waals surface area contributed by atoms with E-state index < -0.39 is 0 Å². The molecule has 2 aliphatic rings. The minimum Gasteiger partial charge on any atom is -0.0622 e. The van der Waals surface area contributed by atoms with Crippen molar-refractivity contribution < 1.29 is 0 Å². The number of hydrogen-bond acceptors (Lipinski definition) is 0. The highest BCUT2D eigenvalue weighted by Gasteiger charge is 2.36. The van der Waals surface area contributed by atoms with Crippen molar-refractivity contribution >= 4 is 32.3 Å². The highest BCUT2D eigenvalue weighted by molar-refractivity contribution is 5.88. The van der Waals surface area contributed by atoms with Crippen molar-refractivity contribution in [3.63, 3.8) is 0 Å². The summed E-state index contributed by atoms with van der Waals surface area (Å²) in [6.07, 6.45) is 0. The van der Waals surface area contributed by atoms with Crippen LogP contribution in [0.1, 0.15) is 111 Å². The quantitative estimate of drug-likeness (QED) is 0.165. The summed E-state index contributed by atoms with van der Waals surface area (Å²) in [5.41, 5.74) is 34.2. The zero-order valence-corrected chi connectivity index (χ0v) is 76.0. The number of benzene rings is 19. The molecule has 125 heavy (non-hydrogen) atoms. The molecule has 622 valence electrons. The van der Waals surface area contributed by atoms with Gasteiger partial charge < -0.3 is 0 Å². The average Bonchev–Trinajstić information content (AvgIpc) is 1.59. The van der Waals surface area contributed by atoms with E-state index in [9.17, 15) is 0 Å². The molecule has 0 heterocycles. The Balaban J connectivity index is 0.000000135. The number of rotatable bonds is 3. The molecule has 0 atom stereocenters. The van der Waals surface area contributed by atoms with Crippen LogP contribution >= 0.6 is 0 Å². The Labute approximate surface area is 748 Å². The van der Waals surface area contributed by atoms with Gasteiger partial charge in [-0.25, -0.2) is 0 Å². The molecule has 0 nitrogen and oxygen atoms in total. The van der Waals surface area contributed by atoms with Gasteiger partial charge in [0.2, 0.25) is 0 Å². The summed E-state index contributed by atoms with van der Waals surface area (Å²) in [6.45, 7) is 32.6. The van der Waals surface area contributed by atoms with Gasteiger partial charge in [-0.3, -0.25) is 0 Å². The van der Waals surface area contributed by atoms with Gasteiger partial charge in [0.1, 0.15) is 0 Å². The van der Waals surface area contributed by atoms with E-state index in [-0.39, 0.29) is 10.8 Å². The monoisotopic (exact) mass is 1620 g/mol. The summed E-state index contributed by atoms with van der Waals surface area (Å²) in [5.74, 6) is 0. The normalized spacial score (nSPS) is 11.3. The van der Waals surface area contributed by atoms with Crippen LogP contribution in [-0.4, -0.2) is 0 Å². The second-order valence-electron chi connectivity index (χ2n) is 33.4. The smallest absolute Gasteiger partial charge is 0.0158 e. The predicted octanol–water partition coefficient (Wildman–Crippen LogP) is 35.0. The molecule has 0 aromatic heterocycles. The van der Waals surface area contributed by atoms with E-state index in [1.165, 1.54) is 171 Å². The Hall–Kier alpha value is -14.0. The summed E-state index contributed by atoms with van der Waals surface area (Å²) < 4.78 is 0. The Morgan fingerprint density at radius 2 is 0.392 bits per heavy atom. The topological polar surface area (TPSA) is 0 Å². The van der Waals surface area contributed by atoms with Crippen LogP contribution in [0.25, 0.3) is 88.0 Å². The molecule has 0 N–H and O–H groups in total. The van der Waals surface area contributed by atoms with E-state index in [0.717, 1.165) is 0 Å². The van der Waals surface area contributed by atoms with Crippen LogP contribution in [-0.2, 0) is 10.8 Å². The first-order valence-electron chi connectivity index (χ1n) is 43.8. The summed E-state index contributed by atoms with van der Waals surface area (Å²) in [7, 11) is 0. The first-order valence-corrected chi connectivity index (χ1v) is 43.8. The Bertz CT molecular complexity index is 6190. The third-order valence-corrected chi connectivity index (χ3v) is 22.8. The molecular formula is C125H122. The fraction of sp³-hybridized carbons (Fsp3) is 0.136. The van der Waals surface area contributed by atoms with Gasteiger partial charge in [0, 0.05) is 10.8 Å². The highest BCUT2D eigenvalue weighted by atomic mass is 14.4. The molecule has 0 amide bonds. The van der Waals surface area contributed by atoms with Crippen LogP contribution in [0.4, 0.5) is 0 Å². The van der Waals surface area contributed by atoms with Crippen LogP contribution in [0.15, 0.2) is 467 Å². The molecule has 0 saturated carbocycles. The lowest BCUT2D eigenvalue weighted by molar-refractivity contribution is 0.660. The zero-order chi connectivity index (χ0) is 88.3. The lowest BCUT2D eigenvalue weighted by atomic mass is 9.82. The number of fused-ring (bicyclic) bond motifs is 9. The van der Waals surface area contributed by atoms with E-state index in [1.807, 2.05) is 72.8 Å². The maximum Gasteiger partial charge on any atom is 0.0158 e. The largest absolute Gasteiger partial charge is 0.0622 e. The van der Waals surface area contributed by atoms with E-state index >= 15 is 0 Å².